The molecule has 5 heteroatoms. The topological polar surface area (TPSA) is 64.8 Å². The van der Waals surface area contributed by atoms with Crippen LogP contribution in [0.15, 0.2) is 12.3 Å². The van der Waals surface area contributed by atoms with Crippen LogP contribution in [-0.2, 0) is 0 Å². The second-order valence-electron chi connectivity index (χ2n) is 4.16. The zero-order valence-electron chi connectivity index (χ0n) is 9.51. The van der Waals surface area contributed by atoms with Gasteiger partial charge in [0.2, 0.25) is 5.95 Å². The summed E-state index contributed by atoms with van der Waals surface area (Å²) >= 11 is 0. The van der Waals surface area contributed by atoms with Crippen LogP contribution in [0, 0.1) is 11.3 Å². The highest BCUT2D eigenvalue weighted by Gasteiger charge is 2.24. The van der Waals surface area contributed by atoms with E-state index in [1.165, 1.54) is 0 Å². The molecule has 2 unspecified atom stereocenters. The lowest BCUT2D eigenvalue weighted by Gasteiger charge is -2.37. The van der Waals surface area contributed by atoms with E-state index in [4.69, 9.17) is 5.26 Å². The SMILES string of the molecule is CC1CN(c2nccc(C#N)n2)C(C)CN1. The smallest absolute Gasteiger partial charge is 0.226 e. The third-order valence-electron chi connectivity index (χ3n) is 2.78. The molecule has 1 aromatic rings. The molecule has 1 saturated heterocycles. The summed E-state index contributed by atoms with van der Waals surface area (Å²) < 4.78 is 0. The molecule has 2 heterocycles. The molecule has 5 nitrogen and oxygen atoms in total. The van der Waals surface area contributed by atoms with Crippen LogP contribution >= 0.6 is 0 Å². The van der Waals surface area contributed by atoms with Crippen molar-refractivity contribution in [3.8, 4) is 6.07 Å². The maximum absolute atomic E-state index is 8.81. The Hall–Kier alpha value is -1.67. The van der Waals surface area contributed by atoms with Crippen molar-refractivity contribution < 1.29 is 0 Å². The van der Waals surface area contributed by atoms with Crippen molar-refractivity contribution in [1.82, 2.24) is 15.3 Å². The Balaban J connectivity index is 2.25. The predicted molar refractivity (Wildman–Crippen MR) is 61.0 cm³/mol. The van der Waals surface area contributed by atoms with Gasteiger partial charge in [-0.1, -0.05) is 0 Å². The summed E-state index contributed by atoms with van der Waals surface area (Å²) in [5, 5.41) is 12.2. The molecular weight excluding hydrogens is 202 g/mol. The minimum absolute atomic E-state index is 0.352. The molecule has 1 N–H and O–H groups in total. The van der Waals surface area contributed by atoms with Crippen LogP contribution < -0.4 is 10.2 Å². The molecule has 0 aliphatic carbocycles. The van der Waals surface area contributed by atoms with Gasteiger partial charge in [0.25, 0.3) is 0 Å². The van der Waals surface area contributed by atoms with E-state index in [2.05, 4.69) is 34.0 Å². The fourth-order valence-corrected chi connectivity index (χ4v) is 1.85. The third-order valence-corrected chi connectivity index (χ3v) is 2.78. The number of rotatable bonds is 1. The summed E-state index contributed by atoms with van der Waals surface area (Å²) in [5.74, 6) is 0.653. The molecule has 1 aromatic heterocycles. The minimum Gasteiger partial charge on any atom is -0.335 e. The molecule has 2 rings (SSSR count). The Bertz CT molecular complexity index is 411. The standard InChI is InChI=1S/C11H15N5/c1-8-7-16(9(2)6-14-8)11-13-4-3-10(5-12)15-11/h3-4,8-9,14H,6-7H2,1-2H3. The Kier molecular flexibility index (Phi) is 3.02. The monoisotopic (exact) mass is 217 g/mol. The number of hydrogen-bond donors (Lipinski definition) is 1. The van der Waals surface area contributed by atoms with Gasteiger partial charge in [0.1, 0.15) is 11.8 Å². The van der Waals surface area contributed by atoms with Gasteiger partial charge in [-0.25, -0.2) is 9.97 Å². The summed E-state index contributed by atoms with van der Waals surface area (Å²) in [6, 6.07) is 4.44. The van der Waals surface area contributed by atoms with E-state index in [1.807, 2.05) is 6.07 Å². The number of piperazine rings is 1. The second kappa shape index (κ2) is 4.45. The van der Waals surface area contributed by atoms with E-state index in [1.54, 1.807) is 12.3 Å². The first kappa shape index (κ1) is 10.8. The molecule has 1 aliphatic heterocycles. The minimum atomic E-state index is 0.352. The largest absolute Gasteiger partial charge is 0.335 e. The van der Waals surface area contributed by atoms with Crippen LogP contribution in [0.4, 0.5) is 5.95 Å². The summed E-state index contributed by atoms with van der Waals surface area (Å²) in [6.07, 6.45) is 1.64. The van der Waals surface area contributed by atoms with Crippen molar-refractivity contribution in [3.63, 3.8) is 0 Å². The van der Waals surface area contributed by atoms with Gasteiger partial charge >= 0.3 is 0 Å². The Morgan fingerprint density at radius 2 is 2.38 bits per heavy atom. The fraction of sp³-hybridized carbons (Fsp3) is 0.545. The highest BCUT2D eigenvalue weighted by Crippen LogP contribution is 2.14. The van der Waals surface area contributed by atoms with E-state index in [9.17, 15) is 0 Å². The molecule has 84 valence electrons. The van der Waals surface area contributed by atoms with Gasteiger partial charge in [-0.2, -0.15) is 5.26 Å². The highest BCUT2D eigenvalue weighted by molar-refractivity contribution is 5.36. The van der Waals surface area contributed by atoms with Crippen LogP contribution in [0.25, 0.3) is 0 Å². The lowest BCUT2D eigenvalue weighted by atomic mass is 10.1. The van der Waals surface area contributed by atoms with E-state index in [0.29, 0.717) is 23.7 Å². The Morgan fingerprint density at radius 1 is 1.56 bits per heavy atom. The van der Waals surface area contributed by atoms with Crippen LogP contribution in [0.1, 0.15) is 19.5 Å². The van der Waals surface area contributed by atoms with E-state index in [0.717, 1.165) is 13.1 Å². The molecule has 0 aromatic carbocycles. The Labute approximate surface area is 95.1 Å². The molecule has 0 amide bonds. The lowest BCUT2D eigenvalue weighted by molar-refractivity contribution is 0.419. The molecule has 1 aliphatic rings. The van der Waals surface area contributed by atoms with Gasteiger partial charge in [0, 0.05) is 31.4 Å². The van der Waals surface area contributed by atoms with Gasteiger partial charge in [0.05, 0.1) is 0 Å². The predicted octanol–water partition coefficient (Wildman–Crippen LogP) is 0.535. The number of nitriles is 1. The quantitative estimate of drug-likeness (QED) is 0.743. The van der Waals surface area contributed by atoms with Crippen LogP contribution in [0.2, 0.25) is 0 Å². The summed E-state index contributed by atoms with van der Waals surface area (Å²) in [5.41, 5.74) is 0.420. The van der Waals surface area contributed by atoms with Crippen molar-refractivity contribution in [2.45, 2.75) is 25.9 Å². The molecule has 16 heavy (non-hydrogen) atoms. The van der Waals surface area contributed by atoms with E-state index < -0.39 is 0 Å². The molecule has 0 bridgehead atoms. The van der Waals surface area contributed by atoms with Crippen molar-refractivity contribution >= 4 is 5.95 Å². The molecule has 1 fully saturated rings. The van der Waals surface area contributed by atoms with Gasteiger partial charge in [-0.3, -0.25) is 0 Å². The van der Waals surface area contributed by atoms with Gasteiger partial charge in [0.15, 0.2) is 0 Å². The maximum atomic E-state index is 8.81. The van der Waals surface area contributed by atoms with Crippen LogP contribution in [0.5, 0.6) is 0 Å². The summed E-state index contributed by atoms with van der Waals surface area (Å²) in [7, 11) is 0. The maximum Gasteiger partial charge on any atom is 0.226 e. The Morgan fingerprint density at radius 3 is 3.12 bits per heavy atom. The van der Waals surface area contributed by atoms with E-state index >= 15 is 0 Å². The third kappa shape index (κ3) is 2.12. The molecular formula is C11H15N5. The highest BCUT2D eigenvalue weighted by atomic mass is 15.3. The number of nitrogens with zero attached hydrogens (tertiary/aromatic N) is 4. The molecule has 0 saturated carbocycles. The van der Waals surface area contributed by atoms with Gasteiger partial charge in [-0.15, -0.1) is 0 Å². The first-order valence-electron chi connectivity index (χ1n) is 5.44. The second-order valence-corrected chi connectivity index (χ2v) is 4.16. The van der Waals surface area contributed by atoms with Crippen molar-refractivity contribution in [2.24, 2.45) is 0 Å². The van der Waals surface area contributed by atoms with Crippen LogP contribution in [0.3, 0.4) is 0 Å². The number of aromatic nitrogens is 2. The van der Waals surface area contributed by atoms with Crippen molar-refractivity contribution in [2.75, 3.05) is 18.0 Å². The molecule has 0 spiro atoms. The summed E-state index contributed by atoms with van der Waals surface area (Å²) in [4.78, 5) is 10.6. The lowest BCUT2D eigenvalue weighted by Crippen LogP contribution is -2.55. The van der Waals surface area contributed by atoms with Gasteiger partial charge in [-0.05, 0) is 19.9 Å². The fourth-order valence-electron chi connectivity index (χ4n) is 1.85. The van der Waals surface area contributed by atoms with E-state index in [-0.39, 0.29) is 0 Å². The first-order chi connectivity index (χ1) is 7.70. The number of hydrogen-bond acceptors (Lipinski definition) is 5. The van der Waals surface area contributed by atoms with Crippen molar-refractivity contribution in [1.29, 1.82) is 5.26 Å². The van der Waals surface area contributed by atoms with Gasteiger partial charge < -0.3 is 10.2 Å². The zero-order valence-corrected chi connectivity index (χ0v) is 9.51. The molecule has 0 radical (unpaired) electrons. The molecule has 2 atom stereocenters. The zero-order chi connectivity index (χ0) is 11.5. The first-order valence-corrected chi connectivity index (χ1v) is 5.44. The number of anilines is 1. The normalized spacial score (nSPS) is 25.2. The number of nitrogens with one attached hydrogen (secondary N) is 1. The summed E-state index contributed by atoms with van der Waals surface area (Å²) in [6.45, 7) is 6.05. The average molecular weight is 217 g/mol. The average Bonchev–Trinajstić information content (AvgIpc) is 2.32. The van der Waals surface area contributed by atoms with Crippen LogP contribution in [-0.4, -0.2) is 35.1 Å². The van der Waals surface area contributed by atoms with Crippen molar-refractivity contribution in [3.05, 3.63) is 18.0 Å².